The molecule has 0 aliphatic carbocycles. The summed E-state index contributed by atoms with van der Waals surface area (Å²) < 4.78 is 0. The van der Waals surface area contributed by atoms with Crippen molar-refractivity contribution in [2.24, 2.45) is 11.7 Å². The number of nitrogens with one attached hydrogen (secondary N) is 3. The highest BCUT2D eigenvalue weighted by atomic mass is 16.2. The maximum absolute atomic E-state index is 13.0. The summed E-state index contributed by atoms with van der Waals surface area (Å²) in [5.74, 6) is -0.895. The molecule has 7 heteroatoms. The third kappa shape index (κ3) is 8.15. The fourth-order valence-electron chi connectivity index (χ4n) is 3.26. The van der Waals surface area contributed by atoms with E-state index in [-0.39, 0.29) is 12.3 Å². The third-order valence-electron chi connectivity index (χ3n) is 5.16. The summed E-state index contributed by atoms with van der Waals surface area (Å²) >= 11 is 0. The largest absolute Gasteiger partial charge is 0.368 e. The number of amides is 3. The maximum Gasteiger partial charge on any atom is 0.242 e. The van der Waals surface area contributed by atoms with Gasteiger partial charge in [-0.2, -0.15) is 0 Å². The van der Waals surface area contributed by atoms with Gasteiger partial charge in [-0.05, 0) is 36.9 Å². The molecule has 0 radical (unpaired) electrons. The lowest BCUT2D eigenvalue weighted by molar-refractivity contribution is -0.131. The number of benzene rings is 2. The van der Waals surface area contributed by atoms with Crippen molar-refractivity contribution in [1.29, 1.82) is 0 Å². The molecule has 5 N–H and O–H groups in total. The van der Waals surface area contributed by atoms with Gasteiger partial charge in [0.1, 0.15) is 18.1 Å². The van der Waals surface area contributed by atoms with Gasteiger partial charge >= 0.3 is 0 Å². The van der Waals surface area contributed by atoms with E-state index in [9.17, 15) is 14.4 Å². The smallest absolute Gasteiger partial charge is 0.242 e. The van der Waals surface area contributed by atoms with Gasteiger partial charge in [0.2, 0.25) is 17.7 Å². The lowest BCUT2D eigenvalue weighted by Crippen LogP contribution is -2.53. The van der Waals surface area contributed by atoms with Crippen LogP contribution in [-0.4, -0.2) is 36.3 Å². The zero-order valence-corrected chi connectivity index (χ0v) is 19.0. The molecular weight excluding hydrogens is 404 g/mol. The Morgan fingerprint density at radius 3 is 2.00 bits per heavy atom. The predicted octanol–water partition coefficient (Wildman–Crippen LogP) is 2.08. The summed E-state index contributed by atoms with van der Waals surface area (Å²) in [5, 5.41) is 8.70. The summed E-state index contributed by atoms with van der Waals surface area (Å²) in [6, 6.07) is 16.4. The summed E-state index contributed by atoms with van der Waals surface area (Å²) in [7, 11) is 0. The van der Waals surface area contributed by atoms with E-state index in [1.165, 1.54) is 0 Å². The van der Waals surface area contributed by atoms with Crippen LogP contribution in [0.4, 0.5) is 0 Å². The highest BCUT2D eigenvalue weighted by molar-refractivity contribution is 5.92. The second-order valence-electron chi connectivity index (χ2n) is 8.36. The fourth-order valence-corrected chi connectivity index (χ4v) is 3.26. The Bertz CT molecular complexity index is 871. The predicted molar refractivity (Wildman–Crippen MR) is 126 cm³/mol. The Morgan fingerprint density at radius 2 is 1.44 bits per heavy atom. The highest BCUT2D eigenvalue weighted by Gasteiger charge is 2.26. The first-order valence-electron chi connectivity index (χ1n) is 11.0. The number of hydrogen-bond acceptors (Lipinski definition) is 4. The van der Waals surface area contributed by atoms with Gasteiger partial charge in [-0.25, -0.2) is 0 Å². The Balaban J connectivity index is 2.01. The number of carbonyl (C=O) groups excluding carboxylic acids is 3. The normalized spacial score (nSPS) is 13.8. The van der Waals surface area contributed by atoms with E-state index in [2.05, 4.69) is 29.8 Å². The Kier molecular flexibility index (Phi) is 9.88. The van der Waals surface area contributed by atoms with Crippen LogP contribution in [0.5, 0.6) is 0 Å². The zero-order valence-electron chi connectivity index (χ0n) is 19.0. The van der Waals surface area contributed by atoms with Crippen LogP contribution in [0.25, 0.3) is 0 Å². The molecule has 32 heavy (non-hydrogen) atoms. The van der Waals surface area contributed by atoms with Crippen molar-refractivity contribution in [2.75, 3.05) is 6.54 Å². The average Bonchev–Trinajstić information content (AvgIpc) is 2.77. The fraction of sp³-hybridized carbons (Fsp3) is 0.400. The molecule has 0 saturated heterocycles. The molecule has 0 fully saturated rings. The monoisotopic (exact) mass is 438 g/mol. The molecule has 172 valence electrons. The SMILES string of the molecule is CC(C)CCN[C@H](C(=O)N[C@@H](C)C(=O)N[C@@H](Cc1ccccc1)C(N)=O)c1ccccc1. The highest BCUT2D eigenvalue weighted by Crippen LogP contribution is 2.14. The number of hydrogen-bond donors (Lipinski definition) is 4. The maximum atomic E-state index is 13.0. The van der Waals surface area contributed by atoms with Gasteiger partial charge in [0.05, 0.1) is 0 Å². The van der Waals surface area contributed by atoms with Gasteiger partial charge < -0.3 is 21.7 Å². The van der Waals surface area contributed by atoms with Crippen molar-refractivity contribution in [3.63, 3.8) is 0 Å². The van der Waals surface area contributed by atoms with Crippen LogP contribution in [0, 0.1) is 5.92 Å². The summed E-state index contributed by atoms with van der Waals surface area (Å²) in [6.07, 6.45) is 1.21. The molecule has 3 amide bonds. The minimum absolute atomic E-state index is 0.284. The van der Waals surface area contributed by atoms with Crippen molar-refractivity contribution in [2.45, 2.75) is 51.7 Å². The lowest BCUT2D eigenvalue weighted by atomic mass is 10.0. The molecule has 0 saturated carbocycles. The summed E-state index contributed by atoms with van der Waals surface area (Å²) in [6.45, 7) is 6.50. The molecule has 0 heterocycles. The number of primary amides is 1. The van der Waals surface area contributed by atoms with E-state index >= 15 is 0 Å². The van der Waals surface area contributed by atoms with Gasteiger partial charge in [-0.3, -0.25) is 14.4 Å². The van der Waals surface area contributed by atoms with Crippen molar-refractivity contribution >= 4 is 17.7 Å². The molecule has 2 aromatic carbocycles. The van der Waals surface area contributed by atoms with Crippen LogP contribution >= 0.6 is 0 Å². The van der Waals surface area contributed by atoms with Crippen molar-refractivity contribution in [3.05, 3.63) is 71.8 Å². The minimum Gasteiger partial charge on any atom is -0.368 e. The Labute approximate surface area is 190 Å². The minimum atomic E-state index is -0.863. The van der Waals surface area contributed by atoms with Crippen molar-refractivity contribution < 1.29 is 14.4 Å². The van der Waals surface area contributed by atoms with Gasteiger partial charge in [0.15, 0.2) is 0 Å². The van der Waals surface area contributed by atoms with Crippen LogP contribution in [0.3, 0.4) is 0 Å². The number of rotatable bonds is 12. The molecule has 7 nitrogen and oxygen atoms in total. The molecule has 0 unspecified atom stereocenters. The average molecular weight is 439 g/mol. The molecule has 0 aliphatic heterocycles. The molecule has 0 aliphatic rings. The van der Waals surface area contributed by atoms with Crippen LogP contribution < -0.4 is 21.7 Å². The topological polar surface area (TPSA) is 113 Å². The van der Waals surface area contributed by atoms with Crippen LogP contribution in [-0.2, 0) is 20.8 Å². The second kappa shape index (κ2) is 12.6. The van der Waals surface area contributed by atoms with E-state index in [0.717, 1.165) is 17.5 Å². The van der Waals surface area contributed by atoms with E-state index in [1.54, 1.807) is 6.92 Å². The first kappa shape index (κ1) is 25.1. The van der Waals surface area contributed by atoms with E-state index in [0.29, 0.717) is 12.5 Å². The Morgan fingerprint density at radius 1 is 0.844 bits per heavy atom. The first-order chi connectivity index (χ1) is 15.3. The van der Waals surface area contributed by atoms with E-state index in [4.69, 9.17) is 5.73 Å². The van der Waals surface area contributed by atoms with Crippen molar-refractivity contribution in [3.8, 4) is 0 Å². The molecular formula is C25H34N4O3. The number of carbonyl (C=O) groups is 3. The Hall–Kier alpha value is -3.19. The van der Waals surface area contributed by atoms with Crippen LogP contribution in [0.15, 0.2) is 60.7 Å². The molecule has 2 aromatic rings. The van der Waals surface area contributed by atoms with Crippen LogP contribution in [0.1, 0.15) is 44.4 Å². The zero-order chi connectivity index (χ0) is 23.5. The second-order valence-corrected chi connectivity index (χ2v) is 8.36. The van der Waals surface area contributed by atoms with Gasteiger partial charge in [-0.15, -0.1) is 0 Å². The molecule has 0 bridgehead atoms. The summed E-state index contributed by atoms with van der Waals surface area (Å²) in [5.41, 5.74) is 7.19. The molecule has 0 aromatic heterocycles. The summed E-state index contributed by atoms with van der Waals surface area (Å²) in [4.78, 5) is 37.6. The van der Waals surface area contributed by atoms with Crippen molar-refractivity contribution in [1.82, 2.24) is 16.0 Å². The number of nitrogens with two attached hydrogens (primary N) is 1. The van der Waals surface area contributed by atoms with Gasteiger partial charge in [0.25, 0.3) is 0 Å². The lowest BCUT2D eigenvalue weighted by Gasteiger charge is -2.23. The first-order valence-corrected chi connectivity index (χ1v) is 11.0. The standard InChI is InChI=1S/C25H34N4O3/c1-17(2)14-15-27-22(20-12-8-5-9-13-20)25(32)28-18(3)24(31)29-21(23(26)30)16-19-10-6-4-7-11-19/h4-13,17-18,21-22,27H,14-16H2,1-3H3,(H2,26,30)(H,28,32)(H,29,31)/t18-,21-,22-/m0/s1. The molecule has 0 spiro atoms. The van der Waals surface area contributed by atoms with Gasteiger partial charge in [0, 0.05) is 6.42 Å². The molecule has 2 rings (SSSR count). The van der Waals surface area contributed by atoms with E-state index < -0.39 is 29.9 Å². The quantitative estimate of drug-likeness (QED) is 0.406. The van der Waals surface area contributed by atoms with Crippen LogP contribution in [0.2, 0.25) is 0 Å². The van der Waals surface area contributed by atoms with E-state index in [1.807, 2.05) is 60.7 Å². The van der Waals surface area contributed by atoms with Gasteiger partial charge in [-0.1, -0.05) is 74.5 Å². The third-order valence-corrected chi connectivity index (χ3v) is 5.16. The molecule has 3 atom stereocenters.